The molecule has 0 saturated carbocycles. The van der Waals surface area contributed by atoms with Gasteiger partial charge >= 0.3 is 0 Å². The highest BCUT2D eigenvalue weighted by atomic mass is 16.1. The van der Waals surface area contributed by atoms with Gasteiger partial charge < -0.3 is 10.6 Å². The molecule has 1 amide bonds. The third kappa shape index (κ3) is 4.18. The largest absolute Gasteiger partial charge is 0.359 e. The van der Waals surface area contributed by atoms with Crippen LogP contribution in [-0.4, -0.2) is 50.1 Å². The van der Waals surface area contributed by atoms with E-state index in [1.54, 1.807) is 7.05 Å². The molecule has 1 unspecified atom stereocenters. The highest BCUT2D eigenvalue weighted by Crippen LogP contribution is 2.09. The number of carbonyl (C=O) groups is 1. The molecule has 1 rings (SSSR count). The molecule has 0 aromatic rings. The average molecular weight is 213 g/mol. The van der Waals surface area contributed by atoms with Gasteiger partial charge in [0.05, 0.1) is 0 Å². The molecule has 1 fully saturated rings. The highest BCUT2D eigenvalue weighted by molar-refractivity contribution is 5.75. The van der Waals surface area contributed by atoms with Gasteiger partial charge in [0.1, 0.15) is 0 Å². The predicted octanol–water partition coefficient (Wildman–Crippen LogP) is 0.196. The standard InChI is InChI=1S/C11H23N3O/c1-3-14(10-6-7-13-9-10)8-4-5-11(15)12-2/h10,13H,3-9H2,1-2H3,(H,12,15). The fourth-order valence-electron chi connectivity index (χ4n) is 2.12. The molecule has 1 aliphatic rings. The van der Waals surface area contributed by atoms with Crippen LogP contribution < -0.4 is 10.6 Å². The first kappa shape index (κ1) is 12.5. The maximum Gasteiger partial charge on any atom is 0.219 e. The molecule has 1 saturated heterocycles. The van der Waals surface area contributed by atoms with Crippen molar-refractivity contribution in [2.75, 3.05) is 33.2 Å². The van der Waals surface area contributed by atoms with Crippen molar-refractivity contribution in [2.45, 2.75) is 32.2 Å². The number of hydrogen-bond acceptors (Lipinski definition) is 3. The van der Waals surface area contributed by atoms with Crippen LogP contribution in [0.1, 0.15) is 26.2 Å². The molecule has 2 N–H and O–H groups in total. The lowest BCUT2D eigenvalue weighted by molar-refractivity contribution is -0.120. The Labute approximate surface area is 92.4 Å². The van der Waals surface area contributed by atoms with Crippen molar-refractivity contribution in [3.63, 3.8) is 0 Å². The highest BCUT2D eigenvalue weighted by Gasteiger charge is 2.20. The predicted molar refractivity (Wildman–Crippen MR) is 61.8 cm³/mol. The molecule has 4 nitrogen and oxygen atoms in total. The van der Waals surface area contributed by atoms with Gasteiger partial charge in [-0.15, -0.1) is 0 Å². The van der Waals surface area contributed by atoms with E-state index in [0.717, 1.165) is 32.6 Å². The van der Waals surface area contributed by atoms with Gasteiger partial charge in [-0.2, -0.15) is 0 Å². The molecule has 0 bridgehead atoms. The second kappa shape index (κ2) is 6.80. The molecule has 0 aromatic heterocycles. The van der Waals surface area contributed by atoms with Crippen molar-refractivity contribution in [3.05, 3.63) is 0 Å². The molecule has 1 atom stereocenters. The first-order valence-electron chi connectivity index (χ1n) is 5.93. The zero-order valence-electron chi connectivity index (χ0n) is 9.88. The number of likely N-dealkylation sites (N-methyl/N-ethyl adjacent to an activating group) is 1. The van der Waals surface area contributed by atoms with Crippen LogP contribution in [0.4, 0.5) is 0 Å². The van der Waals surface area contributed by atoms with Crippen molar-refractivity contribution >= 4 is 5.91 Å². The van der Waals surface area contributed by atoms with E-state index in [1.165, 1.54) is 6.42 Å². The Morgan fingerprint density at radius 2 is 2.40 bits per heavy atom. The van der Waals surface area contributed by atoms with E-state index < -0.39 is 0 Å². The Balaban J connectivity index is 2.18. The molecule has 15 heavy (non-hydrogen) atoms. The molecule has 0 spiro atoms. The summed E-state index contributed by atoms with van der Waals surface area (Å²) in [6, 6.07) is 0.680. The van der Waals surface area contributed by atoms with Crippen LogP contribution >= 0.6 is 0 Å². The Hall–Kier alpha value is -0.610. The van der Waals surface area contributed by atoms with Crippen LogP contribution in [0.3, 0.4) is 0 Å². The fourth-order valence-corrected chi connectivity index (χ4v) is 2.12. The van der Waals surface area contributed by atoms with Crippen LogP contribution in [0, 0.1) is 0 Å². The molecule has 88 valence electrons. The lowest BCUT2D eigenvalue weighted by atomic mass is 10.2. The number of nitrogens with zero attached hydrogens (tertiary/aromatic N) is 1. The van der Waals surface area contributed by atoms with Gasteiger partial charge in [-0.3, -0.25) is 9.69 Å². The summed E-state index contributed by atoms with van der Waals surface area (Å²) in [5.74, 6) is 0.149. The van der Waals surface area contributed by atoms with E-state index in [9.17, 15) is 4.79 Å². The van der Waals surface area contributed by atoms with Crippen LogP contribution in [0.25, 0.3) is 0 Å². The summed E-state index contributed by atoms with van der Waals surface area (Å²) in [6.45, 7) is 6.55. The quantitative estimate of drug-likeness (QED) is 0.662. The third-order valence-corrected chi connectivity index (χ3v) is 3.08. The monoisotopic (exact) mass is 213 g/mol. The number of amides is 1. The lowest BCUT2D eigenvalue weighted by Crippen LogP contribution is -2.37. The van der Waals surface area contributed by atoms with Gasteiger partial charge in [0.25, 0.3) is 0 Å². The van der Waals surface area contributed by atoms with Crippen molar-refractivity contribution in [3.8, 4) is 0 Å². The summed E-state index contributed by atoms with van der Waals surface area (Å²) in [4.78, 5) is 13.5. The van der Waals surface area contributed by atoms with E-state index in [2.05, 4.69) is 22.5 Å². The normalized spacial score (nSPS) is 20.9. The number of carbonyl (C=O) groups excluding carboxylic acids is 1. The molecule has 1 heterocycles. The average Bonchev–Trinajstić information content (AvgIpc) is 2.77. The first-order chi connectivity index (χ1) is 7.27. The first-order valence-corrected chi connectivity index (χ1v) is 5.93. The number of rotatable bonds is 6. The van der Waals surface area contributed by atoms with Gasteiger partial charge in [-0.1, -0.05) is 6.92 Å². The maximum absolute atomic E-state index is 11.1. The Morgan fingerprint density at radius 1 is 1.60 bits per heavy atom. The van der Waals surface area contributed by atoms with Crippen molar-refractivity contribution in [1.29, 1.82) is 0 Å². The zero-order valence-corrected chi connectivity index (χ0v) is 9.88. The number of nitrogens with one attached hydrogen (secondary N) is 2. The topological polar surface area (TPSA) is 44.4 Å². The van der Waals surface area contributed by atoms with Crippen LogP contribution in [0.15, 0.2) is 0 Å². The molecule has 4 heteroatoms. The fraction of sp³-hybridized carbons (Fsp3) is 0.909. The number of hydrogen-bond donors (Lipinski definition) is 2. The summed E-state index contributed by atoms with van der Waals surface area (Å²) in [7, 11) is 1.70. The van der Waals surface area contributed by atoms with E-state index in [4.69, 9.17) is 0 Å². The summed E-state index contributed by atoms with van der Waals surface area (Å²) in [5.41, 5.74) is 0. The van der Waals surface area contributed by atoms with E-state index in [-0.39, 0.29) is 5.91 Å². The summed E-state index contributed by atoms with van der Waals surface area (Å²) in [6.07, 6.45) is 2.85. The molecular weight excluding hydrogens is 190 g/mol. The van der Waals surface area contributed by atoms with Gasteiger partial charge in [-0.05, 0) is 32.5 Å². The zero-order chi connectivity index (χ0) is 11.1. The molecule has 0 aromatic carbocycles. The van der Waals surface area contributed by atoms with Crippen LogP contribution in [0.5, 0.6) is 0 Å². The van der Waals surface area contributed by atoms with E-state index in [1.807, 2.05) is 0 Å². The minimum absolute atomic E-state index is 0.149. The molecule has 0 radical (unpaired) electrons. The summed E-state index contributed by atoms with van der Waals surface area (Å²) < 4.78 is 0. The van der Waals surface area contributed by atoms with Gasteiger partial charge in [0, 0.05) is 26.1 Å². The Morgan fingerprint density at radius 3 is 2.93 bits per heavy atom. The Kier molecular flexibility index (Phi) is 5.65. The minimum atomic E-state index is 0.149. The summed E-state index contributed by atoms with van der Waals surface area (Å²) in [5, 5.41) is 6.03. The smallest absolute Gasteiger partial charge is 0.219 e. The third-order valence-electron chi connectivity index (χ3n) is 3.08. The van der Waals surface area contributed by atoms with Crippen LogP contribution in [-0.2, 0) is 4.79 Å². The molecular formula is C11H23N3O. The SMILES string of the molecule is CCN(CCCC(=O)NC)C1CCNC1. The van der Waals surface area contributed by atoms with Crippen molar-refractivity contribution in [1.82, 2.24) is 15.5 Å². The van der Waals surface area contributed by atoms with E-state index in [0.29, 0.717) is 12.5 Å². The molecule has 1 aliphatic heterocycles. The van der Waals surface area contributed by atoms with Gasteiger partial charge in [-0.25, -0.2) is 0 Å². The van der Waals surface area contributed by atoms with Crippen LogP contribution in [0.2, 0.25) is 0 Å². The minimum Gasteiger partial charge on any atom is -0.359 e. The van der Waals surface area contributed by atoms with Gasteiger partial charge in [0.15, 0.2) is 0 Å². The molecule has 0 aliphatic carbocycles. The summed E-state index contributed by atoms with van der Waals surface area (Å²) >= 11 is 0. The second-order valence-corrected chi connectivity index (χ2v) is 4.05. The maximum atomic E-state index is 11.1. The lowest BCUT2D eigenvalue weighted by Gasteiger charge is -2.26. The van der Waals surface area contributed by atoms with Crippen molar-refractivity contribution in [2.24, 2.45) is 0 Å². The van der Waals surface area contributed by atoms with Crippen molar-refractivity contribution < 1.29 is 4.79 Å². The Bertz CT molecular complexity index is 190. The second-order valence-electron chi connectivity index (χ2n) is 4.05. The van der Waals surface area contributed by atoms with E-state index >= 15 is 0 Å². The van der Waals surface area contributed by atoms with Gasteiger partial charge in [0.2, 0.25) is 5.91 Å².